The van der Waals surface area contributed by atoms with Crippen LogP contribution in [0.15, 0.2) is 0 Å². The van der Waals surface area contributed by atoms with Gasteiger partial charge in [0.25, 0.3) is 0 Å². The van der Waals surface area contributed by atoms with E-state index in [0.717, 1.165) is 0 Å². The summed E-state index contributed by atoms with van der Waals surface area (Å²) in [6.07, 6.45) is -0.0293. The highest BCUT2D eigenvalue weighted by Crippen LogP contribution is 2.07. The molecule has 1 unspecified atom stereocenters. The van der Waals surface area contributed by atoms with Crippen molar-refractivity contribution in [2.45, 2.75) is 25.7 Å². The molecule has 0 saturated carbocycles. The van der Waals surface area contributed by atoms with Crippen molar-refractivity contribution in [1.29, 1.82) is 0 Å². The maximum absolute atomic E-state index is 5.49. The van der Waals surface area contributed by atoms with Crippen LogP contribution in [0, 0.1) is 6.92 Å². The van der Waals surface area contributed by atoms with Crippen LogP contribution in [0.2, 0.25) is 19.6 Å². The first kappa shape index (κ1) is 9.47. The molecule has 55 valence electrons. The third-order valence-corrected chi connectivity index (χ3v) is 2.08. The molecule has 0 aliphatic heterocycles. The van der Waals surface area contributed by atoms with Crippen LogP contribution in [-0.2, 0) is 4.43 Å². The summed E-state index contributed by atoms with van der Waals surface area (Å²) in [6, 6.07) is 0. The van der Waals surface area contributed by atoms with Crippen LogP contribution in [0.5, 0.6) is 0 Å². The van der Waals surface area contributed by atoms with Gasteiger partial charge in [-0.25, -0.2) is 0 Å². The fourth-order valence-electron chi connectivity index (χ4n) is 0.531. The Hall–Kier alpha value is 0.467. The molecule has 0 aliphatic rings. The van der Waals surface area contributed by atoms with E-state index in [0.29, 0.717) is 5.88 Å². The molecule has 0 aliphatic carbocycles. The second-order valence-corrected chi connectivity index (χ2v) is 7.78. The first-order valence-corrected chi connectivity index (χ1v) is 6.97. The fraction of sp³-hybridized carbons (Fsp3) is 0.833. The Kier molecular flexibility index (Phi) is 3.78. The maximum Gasteiger partial charge on any atom is 0.184 e. The molecule has 0 spiro atoms. The zero-order valence-electron chi connectivity index (χ0n) is 6.28. The predicted molar refractivity (Wildman–Crippen MR) is 44.3 cm³/mol. The van der Waals surface area contributed by atoms with Crippen molar-refractivity contribution >= 4 is 19.9 Å². The zero-order valence-corrected chi connectivity index (χ0v) is 8.03. The van der Waals surface area contributed by atoms with Gasteiger partial charge in [-0.2, -0.15) is 0 Å². The summed E-state index contributed by atoms with van der Waals surface area (Å²) in [6.45, 7) is 10.1. The van der Waals surface area contributed by atoms with Gasteiger partial charge in [-0.1, -0.05) is 0 Å². The third kappa shape index (κ3) is 6.35. The minimum atomic E-state index is -1.39. The van der Waals surface area contributed by atoms with Crippen molar-refractivity contribution in [2.75, 3.05) is 5.88 Å². The Balaban J connectivity index is 3.47. The van der Waals surface area contributed by atoms with Crippen molar-refractivity contribution < 1.29 is 4.43 Å². The summed E-state index contributed by atoms with van der Waals surface area (Å²) in [5.74, 6) is 0.490. The summed E-state index contributed by atoms with van der Waals surface area (Å²) >= 11 is 5.49. The molecule has 9 heavy (non-hydrogen) atoms. The fourth-order valence-corrected chi connectivity index (χ4v) is 1.78. The minimum absolute atomic E-state index is 0.0293. The average molecular weight is 166 g/mol. The Morgan fingerprint density at radius 3 is 2.11 bits per heavy atom. The lowest BCUT2D eigenvalue weighted by atomic mass is 10.5. The summed E-state index contributed by atoms with van der Waals surface area (Å²) in [7, 11) is -1.39. The van der Waals surface area contributed by atoms with E-state index in [1.807, 2.05) is 0 Å². The van der Waals surface area contributed by atoms with Crippen molar-refractivity contribution in [3.63, 3.8) is 0 Å². The van der Waals surface area contributed by atoms with E-state index in [-0.39, 0.29) is 6.10 Å². The molecule has 0 aromatic heterocycles. The predicted octanol–water partition coefficient (Wildman–Crippen LogP) is 2.28. The van der Waals surface area contributed by atoms with Gasteiger partial charge in [-0.3, -0.25) is 0 Å². The molecule has 0 N–H and O–H groups in total. The maximum atomic E-state index is 5.49. The van der Waals surface area contributed by atoms with Gasteiger partial charge >= 0.3 is 0 Å². The molecule has 1 nitrogen and oxygen atoms in total. The van der Waals surface area contributed by atoms with Crippen molar-refractivity contribution in [3.05, 3.63) is 6.92 Å². The zero-order chi connectivity index (χ0) is 7.49. The van der Waals surface area contributed by atoms with E-state index in [1.165, 1.54) is 0 Å². The number of alkyl halides is 1. The molecule has 0 saturated heterocycles. The van der Waals surface area contributed by atoms with E-state index in [4.69, 9.17) is 16.0 Å². The molecule has 0 rings (SSSR count). The van der Waals surface area contributed by atoms with Gasteiger partial charge in [-0.15, -0.1) is 11.6 Å². The van der Waals surface area contributed by atoms with Gasteiger partial charge in [0.05, 0.1) is 6.10 Å². The molecule has 0 heterocycles. The van der Waals surface area contributed by atoms with Gasteiger partial charge in [0.2, 0.25) is 0 Å². The Morgan fingerprint density at radius 1 is 1.56 bits per heavy atom. The van der Waals surface area contributed by atoms with E-state index < -0.39 is 8.32 Å². The Morgan fingerprint density at radius 2 is 2.00 bits per heavy atom. The Bertz CT molecular complexity index is 79.6. The summed E-state index contributed by atoms with van der Waals surface area (Å²) in [5.41, 5.74) is 0. The number of hydrogen-bond acceptors (Lipinski definition) is 1. The molecule has 0 aromatic carbocycles. The molecule has 0 aromatic rings. The van der Waals surface area contributed by atoms with Crippen LogP contribution >= 0.6 is 11.6 Å². The molecule has 0 amide bonds. The van der Waals surface area contributed by atoms with Crippen molar-refractivity contribution in [3.8, 4) is 0 Å². The van der Waals surface area contributed by atoms with Gasteiger partial charge in [0, 0.05) is 5.88 Å². The lowest BCUT2D eigenvalue weighted by Gasteiger charge is -2.21. The summed E-state index contributed by atoms with van der Waals surface area (Å²) in [5, 5.41) is 0. The van der Waals surface area contributed by atoms with Gasteiger partial charge in [0.15, 0.2) is 8.32 Å². The van der Waals surface area contributed by atoms with Gasteiger partial charge in [-0.05, 0) is 26.6 Å². The van der Waals surface area contributed by atoms with Crippen LogP contribution in [0.1, 0.15) is 0 Å². The number of halogens is 1. The second kappa shape index (κ2) is 3.59. The highest BCUT2D eigenvalue weighted by Gasteiger charge is 2.16. The number of rotatable bonds is 3. The highest BCUT2D eigenvalue weighted by molar-refractivity contribution is 6.69. The molecule has 1 radical (unpaired) electrons. The standard InChI is InChI=1S/C6H14ClOSi/c1-6(5-7)8-9(2,3)4/h6H,1,5H2,2-4H3. The van der Waals surface area contributed by atoms with E-state index in [9.17, 15) is 0 Å². The third-order valence-electron chi connectivity index (χ3n) is 0.692. The topological polar surface area (TPSA) is 9.23 Å². The molecule has 3 heteroatoms. The lowest BCUT2D eigenvalue weighted by molar-refractivity contribution is 0.263. The molecule has 1 atom stereocenters. The SMILES string of the molecule is [CH2]C(CCl)O[Si](C)(C)C. The first-order valence-electron chi connectivity index (χ1n) is 3.02. The Labute approximate surface area is 63.5 Å². The van der Waals surface area contributed by atoms with Crippen molar-refractivity contribution in [1.82, 2.24) is 0 Å². The van der Waals surface area contributed by atoms with Gasteiger partial charge in [0.1, 0.15) is 0 Å². The molecular formula is C6H14ClOSi. The molecular weight excluding hydrogens is 152 g/mol. The molecule has 0 bridgehead atoms. The van der Waals surface area contributed by atoms with Crippen LogP contribution in [-0.4, -0.2) is 20.3 Å². The van der Waals surface area contributed by atoms with E-state index in [2.05, 4.69) is 26.6 Å². The molecule has 0 fully saturated rings. The number of hydrogen-bond donors (Lipinski definition) is 0. The minimum Gasteiger partial charge on any atom is -0.414 e. The first-order chi connectivity index (χ1) is 3.95. The van der Waals surface area contributed by atoms with E-state index >= 15 is 0 Å². The van der Waals surface area contributed by atoms with Crippen LogP contribution in [0.4, 0.5) is 0 Å². The lowest BCUT2D eigenvalue weighted by Crippen LogP contribution is -2.31. The average Bonchev–Trinajstić information content (AvgIpc) is 1.62. The van der Waals surface area contributed by atoms with Crippen LogP contribution in [0.25, 0.3) is 0 Å². The highest BCUT2D eigenvalue weighted by atomic mass is 35.5. The normalized spacial score (nSPS) is 15.7. The van der Waals surface area contributed by atoms with Crippen LogP contribution in [0.3, 0.4) is 0 Å². The monoisotopic (exact) mass is 165 g/mol. The quantitative estimate of drug-likeness (QED) is 0.461. The summed E-state index contributed by atoms with van der Waals surface area (Å²) in [4.78, 5) is 0. The second-order valence-electron chi connectivity index (χ2n) is 3.01. The van der Waals surface area contributed by atoms with Crippen molar-refractivity contribution in [2.24, 2.45) is 0 Å². The van der Waals surface area contributed by atoms with E-state index in [1.54, 1.807) is 0 Å². The van der Waals surface area contributed by atoms with Crippen LogP contribution < -0.4 is 0 Å². The van der Waals surface area contributed by atoms with Gasteiger partial charge < -0.3 is 4.43 Å². The largest absolute Gasteiger partial charge is 0.414 e. The smallest absolute Gasteiger partial charge is 0.184 e. The summed E-state index contributed by atoms with van der Waals surface area (Å²) < 4.78 is 5.48.